The number of hydrogen-bond donors (Lipinski definition) is 1. The van der Waals surface area contributed by atoms with Gasteiger partial charge in [-0.2, -0.15) is 0 Å². The molecule has 0 aliphatic carbocycles. The Hall–Kier alpha value is -2.21. The summed E-state index contributed by atoms with van der Waals surface area (Å²) in [6.45, 7) is -0.551. The largest absolute Gasteiger partial charge is 0.479 e. The molecule has 1 aliphatic heterocycles. The predicted molar refractivity (Wildman–Crippen MR) is 59.5 cm³/mol. The third kappa shape index (κ3) is 2.23. The number of imide groups is 1. The lowest BCUT2D eigenvalue weighted by molar-refractivity contribution is -0.168. The maximum Gasteiger partial charge on any atom is 0.331 e. The van der Waals surface area contributed by atoms with Crippen LogP contribution < -0.4 is 0 Å². The number of nitrogens with zero attached hydrogens (tertiary/aromatic N) is 1. The number of carbonyl (C=O) groups excluding carboxylic acids is 2. The van der Waals surface area contributed by atoms with Gasteiger partial charge in [0.1, 0.15) is 13.2 Å². The Morgan fingerprint density at radius 1 is 1.17 bits per heavy atom. The fraction of sp³-hybridized carbons (Fsp3) is 0.250. The van der Waals surface area contributed by atoms with Gasteiger partial charge < -0.3 is 9.84 Å². The molecule has 0 bridgehead atoms. The lowest BCUT2D eigenvalue weighted by atomic mass is 10.0. The van der Waals surface area contributed by atoms with Crippen molar-refractivity contribution in [3.8, 4) is 0 Å². The first-order valence-electron chi connectivity index (χ1n) is 5.31. The summed E-state index contributed by atoms with van der Waals surface area (Å²) < 4.78 is 4.76. The summed E-state index contributed by atoms with van der Waals surface area (Å²) in [7, 11) is 0. The molecule has 94 valence electrons. The Morgan fingerprint density at radius 3 is 2.22 bits per heavy atom. The minimum atomic E-state index is -1.30. The molecule has 1 saturated heterocycles. The standard InChI is InChI=1S/C12H11NO5/c14-9-6-18-7-10(15)13(9)11(12(16)17)8-4-2-1-3-5-8/h1-5,11H,6-7H2,(H,16,17). The van der Waals surface area contributed by atoms with E-state index in [4.69, 9.17) is 4.74 Å². The van der Waals surface area contributed by atoms with E-state index in [-0.39, 0.29) is 13.2 Å². The molecule has 0 saturated carbocycles. The molecule has 0 radical (unpaired) electrons. The number of carbonyl (C=O) groups is 3. The summed E-state index contributed by atoms with van der Waals surface area (Å²) in [5.41, 5.74) is 0.383. The monoisotopic (exact) mass is 249 g/mol. The number of aliphatic carboxylic acids is 1. The number of hydrogen-bond acceptors (Lipinski definition) is 4. The summed E-state index contributed by atoms with van der Waals surface area (Å²) in [4.78, 5) is 35.3. The molecule has 18 heavy (non-hydrogen) atoms. The van der Waals surface area contributed by atoms with Crippen LogP contribution in [-0.4, -0.2) is 41.0 Å². The molecule has 1 fully saturated rings. The van der Waals surface area contributed by atoms with E-state index >= 15 is 0 Å². The van der Waals surface area contributed by atoms with Crippen molar-refractivity contribution in [2.24, 2.45) is 0 Å². The Morgan fingerprint density at radius 2 is 1.72 bits per heavy atom. The highest BCUT2D eigenvalue weighted by molar-refractivity contribution is 6.02. The quantitative estimate of drug-likeness (QED) is 0.773. The summed E-state index contributed by atoms with van der Waals surface area (Å²) in [5, 5.41) is 9.23. The number of ether oxygens (including phenoxy) is 1. The second kappa shape index (κ2) is 4.97. The number of benzene rings is 1. The summed E-state index contributed by atoms with van der Waals surface area (Å²) in [6, 6.07) is 6.87. The van der Waals surface area contributed by atoms with Crippen molar-refractivity contribution < 1.29 is 24.2 Å². The fourth-order valence-corrected chi connectivity index (χ4v) is 1.83. The molecule has 1 aromatic carbocycles. The Balaban J connectivity index is 2.39. The van der Waals surface area contributed by atoms with Gasteiger partial charge in [-0.1, -0.05) is 30.3 Å². The zero-order valence-corrected chi connectivity index (χ0v) is 9.41. The zero-order valence-electron chi connectivity index (χ0n) is 9.41. The summed E-state index contributed by atoms with van der Waals surface area (Å²) >= 11 is 0. The van der Waals surface area contributed by atoms with E-state index in [1.165, 1.54) is 0 Å². The van der Waals surface area contributed by atoms with Gasteiger partial charge >= 0.3 is 5.97 Å². The molecule has 0 spiro atoms. The van der Waals surface area contributed by atoms with Crippen molar-refractivity contribution in [3.63, 3.8) is 0 Å². The van der Waals surface area contributed by atoms with Crippen LogP contribution in [0.2, 0.25) is 0 Å². The molecule has 6 heteroatoms. The van der Waals surface area contributed by atoms with Gasteiger partial charge in [-0.25, -0.2) is 4.79 Å². The van der Waals surface area contributed by atoms with E-state index in [1.54, 1.807) is 30.3 Å². The average molecular weight is 249 g/mol. The molecular formula is C12H11NO5. The normalized spacial score (nSPS) is 17.7. The van der Waals surface area contributed by atoms with Gasteiger partial charge in [-0.15, -0.1) is 0 Å². The predicted octanol–water partition coefficient (Wildman–Crippen LogP) is 0.198. The summed E-state index contributed by atoms with van der Waals surface area (Å²) in [6.07, 6.45) is 0. The SMILES string of the molecule is O=C(O)C(c1ccccc1)N1C(=O)COCC1=O. The van der Waals surface area contributed by atoms with E-state index in [1.807, 2.05) is 0 Å². The minimum absolute atomic E-state index is 0.275. The third-order valence-electron chi connectivity index (χ3n) is 2.60. The number of carboxylic acid groups (broad SMARTS) is 1. The minimum Gasteiger partial charge on any atom is -0.479 e. The van der Waals surface area contributed by atoms with Crippen LogP contribution in [0, 0.1) is 0 Å². The maximum atomic E-state index is 11.6. The van der Waals surface area contributed by atoms with E-state index in [2.05, 4.69) is 0 Å². The second-order valence-electron chi connectivity index (χ2n) is 3.80. The molecule has 1 heterocycles. The van der Waals surface area contributed by atoms with Crippen LogP contribution in [0.3, 0.4) is 0 Å². The molecule has 2 rings (SSSR count). The number of carboxylic acids is 1. The van der Waals surface area contributed by atoms with Crippen LogP contribution in [0.15, 0.2) is 30.3 Å². The topological polar surface area (TPSA) is 83.9 Å². The maximum absolute atomic E-state index is 11.6. The van der Waals surface area contributed by atoms with Crippen molar-refractivity contribution in [2.45, 2.75) is 6.04 Å². The van der Waals surface area contributed by atoms with Crippen molar-refractivity contribution in [3.05, 3.63) is 35.9 Å². The van der Waals surface area contributed by atoms with Gasteiger partial charge in [0.15, 0.2) is 6.04 Å². The van der Waals surface area contributed by atoms with Crippen molar-refractivity contribution in [1.29, 1.82) is 0 Å². The molecule has 1 aromatic rings. The molecule has 0 aromatic heterocycles. The van der Waals surface area contributed by atoms with E-state index < -0.39 is 23.8 Å². The highest BCUT2D eigenvalue weighted by Crippen LogP contribution is 2.23. The van der Waals surface area contributed by atoms with Gasteiger partial charge in [0.05, 0.1) is 0 Å². The summed E-state index contributed by atoms with van der Waals surface area (Å²) in [5.74, 6) is -2.52. The number of morpholine rings is 1. The molecule has 1 unspecified atom stereocenters. The van der Waals surface area contributed by atoms with E-state index in [0.717, 1.165) is 4.90 Å². The fourth-order valence-electron chi connectivity index (χ4n) is 1.83. The zero-order chi connectivity index (χ0) is 13.1. The lowest BCUT2D eigenvalue weighted by Crippen LogP contribution is -2.50. The third-order valence-corrected chi connectivity index (χ3v) is 2.60. The molecule has 6 nitrogen and oxygen atoms in total. The molecule has 1 atom stereocenters. The smallest absolute Gasteiger partial charge is 0.331 e. The van der Waals surface area contributed by atoms with Crippen LogP contribution in [0.5, 0.6) is 0 Å². The van der Waals surface area contributed by atoms with Crippen molar-refractivity contribution in [1.82, 2.24) is 4.90 Å². The Bertz CT molecular complexity index is 469. The Labute approximate surface area is 103 Å². The van der Waals surface area contributed by atoms with E-state index in [9.17, 15) is 19.5 Å². The first kappa shape index (κ1) is 12.3. The first-order valence-corrected chi connectivity index (χ1v) is 5.31. The lowest BCUT2D eigenvalue weighted by Gasteiger charge is -2.30. The Kier molecular flexibility index (Phi) is 3.38. The molecular weight excluding hydrogens is 238 g/mol. The van der Waals surface area contributed by atoms with Gasteiger partial charge in [0.2, 0.25) is 0 Å². The molecule has 1 aliphatic rings. The van der Waals surface area contributed by atoms with Crippen molar-refractivity contribution >= 4 is 17.8 Å². The molecule has 2 amide bonds. The van der Waals surface area contributed by atoms with Crippen LogP contribution in [0.25, 0.3) is 0 Å². The van der Waals surface area contributed by atoms with E-state index in [0.29, 0.717) is 5.56 Å². The highest BCUT2D eigenvalue weighted by atomic mass is 16.5. The average Bonchev–Trinajstić information content (AvgIpc) is 2.34. The second-order valence-corrected chi connectivity index (χ2v) is 3.80. The van der Waals surface area contributed by atoms with Gasteiger partial charge in [0.25, 0.3) is 11.8 Å². The highest BCUT2D eigenvalue weighted by Gasteiger charge is 2.38. The van der Waals surface area contributed by atoms with Crippen LogP contribution in [-0.2, 0) is 19.1 Å². The van der Waals surface area contributed by atoms with Crippen molar-refractivity contribution in [2.75, 3.05) is 13.2 Å². The van der Waals surface area contributed by atoms with Crippen LogP contribution in [0.4, 0.5) is 0 Å². The number of rotatable bonds is 3. The van der Waals surface area contributed by atoms with Gasteiger partial charge in [0, 0.05) is 0 Å². The first-order chi connectivity index (χ1) is 8.61. The molecule has 1 N–H and O–H groups in total. The van der Waals surface area contributed by atoms with Gasteiger partial charge in [-0.3, -0.25) is 14.5 Å². The van der Waals surface area contributed by atoms with Crippen LogP contribution in [0.1, 0.15) is 11.6 Å². The number of amides is 2. The van der Waals surface area contributed by atoms with Gasteiger partial charge in [-0.05, 0) is 5.56 Å². The van der Waals surface area contributed by atoms with Crippen LogP contribution >= 0.6 is 0 Å².